The van der Waals surface area contributed by atoms with Gasteiger partial charge in [-0.15, -0.1) is 0 Å². The second kappa shape index (κ2) is 5.39. The fraction of sp³-hybridized carbons (Fsp3) is 0.417. The van der Waals surface area contributed by atoms with Crippen molar-refractivity contribution in [2.45, 2.75) is 13.8 Å². The summed E-state index contributed by atoms with van der Waals surface area (Å²) in [5.41, 5.74) is 2.40. The first-order chi connectivity index (χ1) is 7.11. The summed E-state index contributed by atoms with van der Waals surface area (Å²) >= 11 is 0. The maximum Gasteiger partial charge on any atom is 0.302 e. The first-order valence-electron chi connectivity index (χ1n) is 5.01. The fourth-order valence-corrected chi connectivity index (χ4v) is 1.44. The van der Waals surface area contributed by atoms with E-state index in [2.05, 4.69) is 24.0 Å². The number of anilines is 1. The van der Waals surface area contributed by atoms with Gasteiger partial charge in [-0.2, -0.15) is 0 Å². The molecule has 0 radical (unpaired) electrons. The number of nitrogens with zero attached hydrogens (tertiary/aromatic N) is 1. The van der Waals surface area contributed by atoms with Crippen LogP contribution in [0.5, 0.6) is 0 Å². The third-order valence-electron chi connectivity index (χ3n) is 2.26. The molecule has 1 aromatic carbocycles. The Morgan fingerprint density at radius 1 is 1.40 bits per heavy atom. The van der Waals surface area contributed by atoms with Crippen molar-refractivity contribution in [1.29, 1.82) is 0 Å². The molecule has 0 aliphatic carbocycles. The van der Waals surface area contributed by atoms with E-state index < -0.39 is 0 Å². The van der Waals surface area contributed by atoms with E-state index in [9.17, 15) is 4.79 Å². The van der Waals surface area contributed by atoms with Crippen molar-refractivity contribution in [2.24, 2.45) is 0 Å². The number of aryl methyl sites for hydroxylation is 1. The molecule has 0 bridgehead atoms. The summed E-state index contributed by atoms with van der Waals surface area (Å²) in [6.45, 7) is 4.63. The van der Waals surface area contributed by atoms with Gasteiger partial charge >= 0.3 is 5.97 Å². The summed E-state index contributed by atoms with van der Waals surface area (Å²) < 4.78 is 4.89. The van der Waals surface area contributed by atoms with E-state index >= 15 is 0 Å². The SMILES string of the molecule is CC(=O)OCCN(C)c1ccccc1C. The summed E-state index contributed by atoms with van der Waals surface area (Å²) in [5, 5.41) is 0. The fourth-order valence-electron chi connectivity index (χ4n) is 1.44. The molecule has 0 fully saturated rings. The summed E-state index contributed by atoms with van der Waals surface area (Å²) in [4.78, 5) is 12.7. The Morgan fingerprint density at radius 3 is 2.67 bits per heavy atom. The Balaban J connectivity index is 2.50. The first kappa shape index (κ1) is 11.6. The summed E-state index contributed by atoms with van der Waals surface area (Å²) in [7, 11) is 1.99. The van der Waals surface area contributed by atoms with Gasteiger partial charge in [0.15, 0.2) is 0 Å². The van der Waals surface area contributed by atoms with E-state index in [4.69, 9.17) is 4.74 Å². The normalized spacial score (nSPS) is 9.80. The average molecular weight is 207 g/mol. The third kappa shape index (κ3) is 3.62. The lowest BCUT2D eigenvalue weighted by molar-refractivity contribution is -0.140. The second-order valence-corrected chi connectivity index (χ2v) is 3.55. The van der Waals surface area contributed by atoms with Gasteiger partial charge in [0, 0.05) is 19.7 Å². The molecule has 15 heavy (non-hydrogen) atoms. The van der Waals surface area contributed by atoms with Gasteiger partial charge in [-0.25, -0.2) is 0 Å². The minimum atomic E-state index is -0.229. The van der Waals surface area contributed by atoms with Crippen molar-refractivity contribution in [2.75, 3.05) is 25.1 Å². The van der Waals surface area contributed by atoms with Crippen LogP contribution in [0.15, 0.2) is 24.3 Å². The quantitative estimate of drug-likeness (QED) is 0.707. The first-order valence-corrected chi connectivity index (χ1v) is 5.01. The van der Waals surface area contributed by atoms with E-state index in [1.807, 2.05) is 19.2 Å². The predicted molar refractivity (Wildman–Crippen MR) is 61.1 cm³/mol. The average Bonchev–Trinajstić information content (AvgIpc) is 2.17. The van der Waals surface area contributed by atoms with E-state index in [0.717, 1.165) is 0 Å². The largest absolute Gasteiger partial charge is 0.464 e. The van der Waals surface area contributed by atoms with Crippen molar-refractivity contribution in [3.8, 4) is 0 Å². The minimum Gasteiger partial charge on any atom is -0.464 e. The predicted octanol–water partition coefficient (Wildman–Crippen LogP) is 1.99. The number of ether oxygens (including phenoxy) is 1. The van der Waals surface area contributed by atoms with Crippen molar-refractivity contribution in [1.82, 2.24) is 0 Å². The van der Waals surface area contributed by atoms with Crippen molar-refractivity contribution in [3.05, 3.63) is 29.8 Å². The Bertz CT molecular complexity index is 336. The molecule has 0 spiro atoms. The molecule has 3 nitrogen and oxygen atoms in total. The Kier molecular flexibility index (Phi) is 4.16. The van der Waals surface area contributed by atoms with Crippen LogP contribution in [0.1, 0.15) is 12.5 Å². The van der Waals surface area contributed by atoms with Crippen LogP contribution in [0, 0.1) is 6.92 Å². The van der Waals surface area contributed by atoms with Gasteiger partial charge in [-0.3, -0.25) is 4.79 Å². The summed E-state index contributed by atoms with van der Waals surface area (Å²) in [6, 6.07) is 8.14. The molecule has 0 N–H and O–H groups in total. The highest BCUT2D eigenvalue weighted by Crippen LogP contribution is 2.17. The number of carbonyl (C=O) groups is 1. The van der Waals surface area contributed by atoms with Gasteiger partial charge in [0.05, 0.1) is 6.54 Å². The van der Waals surface area contributed by atoms with Gasteiger partial charge in [-0.05, 0) is 18.6 Å². The molecule has 3 heteroatoms. The van der Waals surface area contributed by atoms with Gasteiger partial charge in [-0.1, -0.05) is 18.2 Å². The maximum absolute atomic E-state index is 10.6. The molecule has 0 atom stereocenters. The Morgan fingerprint density at radius 2 is 2.07 bits per heavy atom. The number of hydrogen-bond acceptors (Lipinski definition) is 3. The van der Waals surface area contributed by atoms with Crippen LogP contribution < -0.4 is 4.90 Å². The molecule has 0 aliphatic rings. The Labute approximate surface area is 90.7 Å². The minimum absolute atomic E-state index is 0.229. The van der Waals surface area contributed by atoms with Gasteiger partial charge in [0.1, 0.15) is 6.61 Å². The van der Waals surface area contributed by atoms with E-state index in [1.165, 1.54) is 18.2 Å². The number of rotatable bonds is 4. The summed E-state index contributed by atoms with van der Waals surface area (Å²) in [5.74, 6) is -0.229. The van der Waals surface area contributed by atoms with Gasteiger partial charge < -0.3 is 9.64 Å². The van der Waals surface area contributed by atoms with Crippen LogP contribution in [0.3, 0.4) is 0 Å². The summed E-state index contributed by atoms with van der Waals surface area (Å²) in [6.07, 6.45) is 0. The molecule has 1 aromatic rings. The van der Waals surface area contributed by atoms with Crippen molar-refractivity contribution < 1.29 is 9.53 Å². The van der Waals surface area contributed by atoms with E-state index in [1.54, 1.807) is 0 Å². The maximum atomic E-state index is 10.6. The standard InChI is InChI=1S/C12H17NO2/c1-10-6-4-5-7-12(10)13(3)8-9-15-11(2)14/h4-7H,8-9H2,1-3H3. The smallest absolute Gasteiger partial charge is 0.302 e. The number of esters is 1. The number of likely N-dealkylation sites (N-methyl/N-ethyl adjacent to an activating group) is 1. The topological polar surface area (TPSA) is 29.5 Å². The zero-order valence-electron chi connectivity index (χ0n) is 9.49. The molecule has 0 aliphatic heterocycles. The monoisotopic (exact) mass is 207 g/mol. The highest BCUT2D eigenvalue weighted by atomic mass is 16.5. The molecular formula is C12H17NO2. The zero-order chi connectivity index (χ0) is 11.3. The van der Waals surface area contributed by atoms with Crippen LogP contribution in [0.2, 0.25) is 0 Å². The highest BCUT2D eigenvalue weighted by Gasteiger charge is 2.03. The number of hydrogen-bond donors (Lipinski definition) is 0. The number of carbonyl (C=O) groups excluding carboxylic acids is 1. The highest BCUT2D eigenvalue weighted by molar-refractivity contribution is 5.65. The van der Waals surface area contributed by atoms with Crippen LogP contribution in [0.25, 0.3) is 0 Å². The Hall–Kier alpha value is -1.51. The lowest BCUT2D eigenvalue weighted by Crippen LogP contribution is -2.24. The van der Waals surface area contributed by atoms with Crippen LogP contribution in [0.4, 0.5) is 5.69 Å². The lowest BCUT2D eigenvalue weighted by atomic mass is 10.2. The van der Waals surface area contributed by atoms with Crippen molar-refractivity contribution >= 4 is 11.7 Å². The van der Waals surface area contributed by atoms with Gasteiger partial charge in [0.2, 0.25) is 0 Å². The van der Waals surface area contributed by atoms with E-state index in [-0.39, 0.29) is 5.97 Å². The number of benzene rings is 1. The molecule has 0 saturated carbocycles. The molecule has 1 rings (SSSR count). The molecule has 82 valence electrons. The third-order valence-corrected chi connectivity index (χ3v) is 2.26. The molecule has 0 aromatic heterocycles. The lowest BCUT2D eigenvalue weighted by Gasteiger charge is -2.20. The van der Waals surface area contributed by atoms with Crippen LogP contribution in [-0.2, 0) is 9.53 Å². The molecule has 0 saturated heterocycles. The molecule has 0 heterocycles. The van der Waals surface area contributed by atoms with Crippen LogP contribution >= 0.6 is 0 Å². The van der Waals surface area contributed by atoms with Gasteiger partial charge in [0.25, 0.3) is 0 Å². The van der Waals surface area contributed by atoms with Crippen molar-refractivity contribution in [3.63, 3.8) is 0 Å². The molecule has 0 unspecified atom stereocenters. The molecule has 0 amide bonds. The van der Waals surface area contributed by atoms with Crippen LogP contribution in [-0.4, -0.2) is 26.2 Å². The van der Waals surface area contributed by atoms with E-state index in [0.29, 0.717) is 13.2 Å². The zero-order valence-corrected chi connectivity index (χ0v) is 9.49. The molecular weight excluding hydrogens is 190 g/mol. The second-order valence-electron chi connectivity index (χ2n) is 3.55. The number of para-hydroxylation sites is 1.